The van der Waals surface area contributed by atoms with Gasteiger partial charge in [-0.25, -0.2) is 9.59 Å². The minimum atomic E-state index is -0.729. The fourth-order valence-electron chi connectivity index (χ4n) is 5.69. The summed E-state index contributed by atoms with van der Waals surface area (Å²) in [5.41, 5.74) is 3.04. The molecule has 5 saturated heterocycles. The van der Waals surface area contributed by atoms with E-state index in [0.717, 1.165) is 11.1 Å². The molecule has 5 heterocycles. The van der Waals surface area contributed by atoms with Crippen molar-refractivity contribution in [3.05, 3.63) is 70.8 Å². The van der Waals surface area contributed by atoms with E-state index in [-0.39, 0.29) is 13.2 Å². The van der Waals surface area contributed by atoms with Crippen LogP contribution in [0, 0.1) is 13.8 Å². The molecule has 5 aliphatic heterocycles. The Morgan fingerprint density at radius 1 is 0.579 bits per heavy atom. The summed E-state index contributed by atoms with van der Waals surface area (Å²) in [5, 5.41) is 0. The largest absolute Gasteiger partial charge is 0.453 e. The van der Waals surface area contributed by atoms with Gasteiger partial charge in [-0.3, -0.25) is 0 Å². The number of hydrogen-bond donors (Lipinski definition) is 0. The Bertz CT molecular complexity index is 1120. The number of hydrogen-bond acceptors (Lipinski definition) is 10. The van der Waals surface area contributed by atoms with E-state index < -0.39 is 73.4 Å². The standard InChI is InChI=1S/C28H28O10/c1-13-3-7-15(8-4-13)25(29)33-17-11-31-21-19(17)35-27-23(21)37-28-24(38-27)22-20(36-28)18(12-32-22)34-26(30)16-9-5-14(2)6-10-16/h3-10,17-24,27-28H,11-12H2,1-2H3/t17-,18-,19-,20-,21+,22+,23-,24-,27-,28-/m1/s1. The van der Waals surface area contributed by atoms with Crippen LogP contribution in [-0.2, 0) is 37.9 Å². The molecule has 10 nitrogen and oxygen atoms in total. The van der Waals surface area contributed by atoms with Crippen LogP contribution in [0.25, 0.3) is 0 Å². The van der Waals surface area contributed by atoms with Gasteiger partial charge in [-0.2, -0.15) is 0 Å². The molecule has 0 radical (unpaired) electrons. The van der Waals surface area contributed by atoms with Crippen LogP contribution in [0.4, 0.5) is 0 Å². The lowest BCUT2D eigenvalue weighted by molar-refractivity contribution is -0.327. The van der Waals surface area contributed by atoms with Crippen molar-refractivity contribution in [2.24, 2.45) is 0 Å². The van der Waals surface area contributed by atoms with Gasteiger partial charge in [0.2, 0.25) is 0 Å². The van der Waals surface area contributed by atoms with Crippen molar-refractivity contribution in [1.82, 2.24) is 0 Å². The maximum Gasteiger partial charge on any atom is 0.338 e. The van der Waals surface area contributed by atoms with Gasteiger partial charge in [-0.15, -0.1) is 0 Å². The third-order valence-corrected chi connectivity index (χ3v) is 7.73. The number of esters is 2. The lowest BCUT2D eigenvalue weighted by Crippen LogP contribution is -2.51. The van der Waals surface area contributed by atoms with Crippen LogP contribution in [0.5, 0.6) is 0 Å². The predicted molar refractivity (Wildman–Crippen MR) is 127 cm³/mol. The SMILES string of the molecule is Cc1ccc(C(=O)O[C@@H]2CO[C@@H]3[C@H]4O[C@H]5O[C@H]6[C@H](OC[C@H]6OC(=O)c6ccc(C)cc6)[C@H]5O[C@H]4O[C@@H]32)cc1. The van der Waals surface area contributed by atoms with Gasteiger partial charge < -0.3 is 37.9 Å². The third-order valence-electron chi connectivity index (χ3n) is 7.73. The molecule has 5 fully saturated rings. The van der Waals surface area contributed by atoms with E-state index in [4.69, 9.17) is 37.9 Å². The summed E-state index contributed by atoms with van der Waals surface area (Å²) in [6, 6.07) is 14.4. The van der Waals surface area contributed by atoms with Crippen LogP contribution in [0.3, 0.4) is 0 Å². The highest BCUT2D eigenvalue weighted by molar-refractivity contribution is 5.90. The molecular weight excluding hydrogens is 496 g/mol. The molecule has 0 aromatic heterocycles. The van der Waals surface area contributed by atoms with Crippen LogP contribution < -0.4 is 0 Å². The number of aryl methyl sites for hydroxylation is 2. The Morgan fingerprint density at radius 2 is 0.947 bits per heavy atom. The van der Waals surface area contributed by atoms with Crippen LogP contribution >= 0.6 is 0 Å². The first-order valence-electron chi connectivity index (χ1n) is 12.8. The highest BCUT2D eigenvalue weighted by Crippen LogP contribution is 2.45. The van der Waals surface area contributed by atoms with Crippen molar-refractivity contribution in [3.63, 3.8) is 0 Å². The number of fused-ring (bicyclic) bond motifs is 6. The van der Waals surface area contributed by atoms with Crippen LogP contribution in [-0.4, -0.2) is 86.6 Å². The molecule has 2 aromatic rings. The zero-order chi connectivity index (χ0) is 26.0. The van der Waals surface area contributed by atoms with Gasteiger partial charge in [-0.05, 0) is 38.1 Å². The second-order valence-corrected chi connectivity index (χ2v) is 10.4. The predicted octanol–water partition coefficient (Wildman–Crippen LogP) is 2.09. The summed E-state index contributed by atoms with van der Waals surface area (Å²) in [7, 11) is 0. The van der Waals surface area contributed by atoms with Crippen molar-refractivity contribution < 1.29 is 47.5 Å². The second kappa shape index (κ2) is 9.41. The topological polar surface area (TPSA) is 108 Å². The Morgan fingerprint density at radius 3 is 1.34 bits per heavy atom. The molecule has 38 heavy (non-hydrogen) atoms. The second-order valence-electron chi connectivity index (χ2n) is 10.4. The molecular formula is C28H28O10. The molecule has 0 bridgehead atoms. The fraction of sp³-hybridized carbons (Fsp3) is 0.500. The third kappa shape index (κ3) is 4.12. The van der Waals surface area contributed by atoms with Crippen LogP contribution in [0.15, 0.2) is 48.5 Å². The fourth-order valence-corrected chi connectivity index (χ4v) is 5.69. The minimum absolute atomic E-state index is 0.194. The summed E-state index contributed by atoms with van der Waals surface area (Å²) >= 11 is 0. The summed E-state index contributed by atoms with van der Waals surface area (Å²) in [6.07, 6.45) is -5.76. The molecule has 0 aliphatic carbocycles. The van der Waals surface area contributed by atoms with Gasteiger partial charge in [0.25, 0.3) is 0 Å². The smallest absolute Gasteiger partial charge is 0.338 e. The number of ether oxygens (including phenoxy) is 8. The normalized spacial score (nSPS) is 38.7. The maximum atomic E-state index is 12.6. The Hall–Kier alpha value is -2.86. The highest BCUT2D eigenvalue weighted by atomic mass is 16.8. The molecule has 0 saturated carbocycles. The highest BCUT2D eigenvalue weighted by Gasteiger charge is 2.64. The molecule has 5 aliphatic rings. The molecule has 2 aromatic carbocycles. The lowest BCUT2D eigenvalue weighted by Gasteiger charge is -2.36. The average molecular weight is 525 g/mol. The average Bonchev–Trinajstić information content (AvgIpc) is 3.66. The van der Waals surface area contributed by atoms with E-state index in [1.165, 1.54) is 0 Å². The van der Waals surface area contributed by atoms with E-state index in [1.54, 1.807) is 24.3 Å². The molecule has 0 N–H and O–H groups in total. The molecule has 0 amide bonds. The van der Waals surface area contributed by atoms with Crippen molar-refractivity contribution >= 4 is 11.9 Å². The molecule has 10 heteroatoms. The first kappa shape index (κ1) is 24.2. The van der Waals surface area contributed by atoms with Gasteiger partial charge in [0, 0.05) is 0 Å². The number of carbonyl (C=O) groups excluding carboxylic acids is 2. The number of benzene rings is 2. The number of carbonyl (C=O) groups is 2. The van der Waals surface area contributed by atoms with Gasteiger partial charge in [0.05, 0.1) is 24.3 Å². The van der Waals surface area contributed by atoms with Gasteiger partial charge in [0.1, 0.15) is 36.6 Å². The molecule has 7 rings (SSSR count). The van der Waals surface area contributed by atoms with Crippen molar-refractivity contribution in [3.8, 4) is 0 Å². The van der Waals surface area contributed by atoms with E-state index >= 15 is 0 Å². The Balaban J connectivity index is 0.983. The zero-order valence-corrected chi connectivity index (χ0v) is 20.9. The molecule has 0 unspecified atom stereocenters. The molecule has 10 atom stereocenters. The minimum Gasteiger partial charge on any atom is -0.453 e. The zero-order valence-electron chi connectivity index (χ0n) is 20.9. The van der Waals surface area contributed by atoms with Gasteiger partial charge in [0.15, 0.2) is 24.8 Å². The van der Waals surface area contributed by atoms with E-state index in [0.29, 0.717) is 11.1 Å². The van der Waals surface area contributed by atoms with E-state index in [2.05, 4.69) is 0 Å². The summed E-state index contributed by atoms with van der Waals surface area (Å²) < 4.78 is 48.0. The summed E-state index contributed by atoms with van der Waals surface area (Å²) in [5.74, 6) is -0.874. The van der Waals surface area contributed by atoms with E-state index in [1.807, 2.05) is 38.1 Å². The van der Waals surface area contributed by atoms with Crippen molar-refractivity contribution in [1.29, 1.82) is 0 Å². The quantitative estimate of drug-likeness (QED) is 0.552. The maximum absolute atomic E-state index is 12.6. The van der Waals surface area contributed by atoms with Crippen molar-refractivity contribution in [2.75, 3.05) is 13.2 Å². The monoisotopic (exact) mass is 524 g/mol. The van der Waals surface area contributed by atoms with Crippen LogP contribution in [0.2, 0.25) is 0 Å². The first-order valence-corrected chi connectivity index (χ1v) is 12.8. The van der Waals surface area contributed by atoms with Gasteiger partial charge >= 0.3 is 11.9 Å². The van der Waals surface area contributed by atoms with Crippen LogP contribution in [0.1, 0.15) is 31.8 Å². The Labute approximate surface area is 219 Å². The summed E-state index contributed by atoms with van der Waals surface area (Å²) in [4.78, 5) is 25.3. The first-order chi connectivity index (χ1) is 18.4. The van der Waals surface area contributed by atoms with Gasteiger partial charge in [-0.1, -0.05) is 35.4 Å². The Kier molecular flexibility index (Phi) is 5.99. The molecule has 200 valence electrons. The summed E-state index contributed by atoms with van der Waals surface area (Å²) in [6.45, 7) is 4.29. The number of rotatable bonds is 4. The molecule has 0 spiro atoms. The van der Waals surface area contributed by atoms with E-state index in [9.17, 15) is 9.59 Å². The van der Waals surface area contributed by atoms with Crippen molar-refractivity contribution in [2.45, 2.75) is 75.3 Å². The lowest BCUT2D eigenvalue weighted by atomic mass is 10.1.